The van der Waals surface area contributed by atoms with Crippen LogP contribution in [0.15, 0.2) is 55.0 Å². The van der Waals surface area contributed by atoms with Gasteiger partial charge in [0.1, 0.15) is 0 Å². The van der Waals surface area contributed by atoms with Crippen molar-refractivity contribution < 1.29 is 4.79 Å². The average Bonchev–Trinajstić information content (AvgIpc) is 3.00. The minimum absolute atomic E-state index is 0.199. The topological polar surface area (TPSA) is 59.8 Å². The maximum Gasteiger partial charge on any atom is 0.253 e. The van der Waals surface area contributed by atoms with Crippen molar-refractivity contribution >= 4 is 17.5 Å². The molecule has 0 aliphatic carbocycles. The van der Waals surface area contributed by atoms with Gasteiger partial charge in [-0.1, -0.05) is 23.7 Å². The molecule has 0 bridgehead atoms. The van der Waals surface area contributed by atoms with Crippen LogP contribution in [-0.4, -0.2) is 20.7 Å². The molecule has 0 radical (unpaired) electrons. The fourth-order valence-electron chi connectivity index (χ4n) is 2.22. The van der Waals surface area contributed by atoms with Crippen molar-refractivity contribution in [3.63, 3.8) is 0 Å². The van der Waals surface area contributed by atoms with Crippen LogP contribution in [0.3, 0.4) is 0 Å². The van der Waals surface area contributed by atoms with Crippen LogP contribution in [0.25, 0.3) is 11.3 Å². The van der Waals surface area contributed by atoms with Crippen molar-refractivity contribution in [1.82, 2.24) is 20.1 Å². The molecule has 3 rings (SSSR count). The van der Waals surface area contributed by atoms with Gasteiger partial charge in [-0.25, -0.2) is 0 Å². The summed E-state index contributed by atoms with van der Waals surface area (Å²) in [5.41, 5.74) is 3.18. The van der Waals surface area contributed by atoms with Crippen molar-refractivity contribution in [2.75, 3.05) is 0 Å². The number of halogens is 1. The van der Waals surface area contributed by atoms with Crippen LogP contribution in [0, 0.1) is 0 Å². The minimum atomic E-state index is -0.199. The van der Waals surface area contributed by atoms with Crippen molar-refractivity contribution in [1.29, 1.82) is 0 Å². The van der Waals surface area contributed by atoms with Gasteiger partial charge in [-0.15, -0.1) is 0 Å². The van der Waals surface area contributed by atoms with E-state index in [0.717, 1.165) is 16.8 Å². The molecule has 0 spiro atoms. The molecule has 23 heavy (non-hydrogen) atoms. The summed E-state index contributed by atoms with van der Waals surface area (Å²) < 4.78 is 1.73. The number of carbonyl (C=O) groups is 1. The molecule has 0 aliphatic heterocycles. The summed E-state index contributed by atoms with van der Waals surface area (Å²) in [6.07, 6.45) is 5.38. The highest BCUT2D eigenvalue weighted by Crippen LogP contribution is 2.17. The van der Waals surface area contributed by atoms with E-state index >= 15 is 0 Å². The zero-order valence-electron chi connectivity index (χ0n) is 12.5. The molecule has 1 N–H and O–H groups in total. The molecule has 2 aromatic heterocycles. The van der Waals surface area contributed by atoms with E-state index in [1.165, 1.54) is 0 Å². The lowest BCUT2D eigenvalue weighted by atomic mass is 10.1. The van der Waals surface area contributed by atoms with Crippen LogP contribution in [0.5, 0.6) is 0 Å². The zero-order valence-corrected chi connectivity index (χ0v) is 13.3. The van der Waals surface area contributed by atoms with Crippen LogP contribution < -0.4 is 5.32 Å². The summed E-state index contributed by atoms with van der Waals surface area (Å²) in [6.45, 7) is 0.403. The van der Waals surface area contributed by atoms with E-state index in [1.807, 2.05) is 25.4 Å². The third-order valence-corrected chi connectivity index (χ3v) is 3.73. The van der Waals surface area contributed by atoms with Gasteiger partial charge < -0.3 is 5.32 Å². The molecule has 1 aromatic carbocycles. The van der Waals surface area contributed by atoms with Crippen molar-refractivity contribution in [2.45, 2.75) is 6.54 Å². The fourth-order valence-corrected chi connectivity index (χ4v) is 2.44. The number of pyridine rings is 1. The Kier molecular flexibility index (Phi) is 4.39. The molecule has 0 unspecified atom stereocenters. The smallest absolute Gasteiger partial charge is 0.253 e. The largest absolute Gasteiger partial charge is 0.348 e. The molecule has 3 aromatic rings. The number of hydrogen-bond acceptors (Lipinski definition) is 3. The summed E-state index contributed by atoms with van der Waals surface area (Å²) in [5, 5.41) is 7.45. The monoisotopic (exact) mass is 326 g/mol. The van der Waals surface area contributed by atoms with Gasteiger partial charge in [-0.05, 0) is 29.8 Å². The first-order chi connectivity index (χ1) is 11.1. The van der Waals surface area contributed by atoms with E-state index in [1.54, 1.807) is 41.3 Å². The Bertz CT molecular complexity index is 844. The molecule has 0 atom stereocenters. The second-order valence-electron chi connectivity index (χ2n) is 5.11. The number of benzene rings is 1. The second-order valence-corrected chi connectivity index (χ2v) is 5.52. The molecular weight excluding hydrogens is 312 g/mol. The van der Waals surface area contributed by atoms with E-state index < -0.39 is 0 Å². The lowest BCUT2D eigenvalue weighted by Gasteiger charge is -2.07. The molecule has 116 valence electrons. The number of rotatable bonds is 4. The van der Waals surface area contributed by atoms with Crippen LogP contribution in [-0.2, 0) is 13.6 Å². The summed E-state index contributed by atoms with van der Waals surface area (Å²) in [4.78, 5) is 16.5. The van der Waals surface area contributed by atoms with Crippen LogP contribution in [0.2, 0.25) is 5.02 Å². The van der Waals surface area contributed by atoms with E-state index in [9.17, 15) is 4.79 Å². The number of nitrogens with zero attached hydrogens (tertiary/aromatic N) is 3. The highest BCUT2D eigenvalue weighted by molar-refractivity contribution is 6.33. The fraction of sp³-hybridized carbons (Fsp3) is 0.118. The van der Waals surface area contributed by atoms with E-state index in [2.05, 4.69) is 15.4 Å². The first-order valence-corrected chi connectivity index (χ1v) is 7.48. The molecule has 0 saturated carbocycles. The van der Waals surface area contributed by atoms with Gasteiger partial charge in [0.2, 0.25) is 0 Å². The summed E-state index contributed by atoms with van der Waals surface area (Å²) in [6, 6.07) is 10.8. The number of carbonyl (C=O) groups excluding carboxylic acids is 1. The van der Waals surface area contributed by atoms with Gasteiger partial charge in [0, 0.05) is 31.5 Å². The minimum Gasteiger partial charge on any atom is -0.348 e. The number of aryl methyl sites for hydroxylation is 1. The average molecular weight is 327 g/mol. The Morgan fingerprint density at radius 3 is 2.87 bits per heavy atom. The number of aromatic nitrogens is 3. The maximum absolute atomic E-state index is 12.2. The highest BCUT2D eigenvalue weighted by atomic mass is 35.5. The van der Waals surface area contributed by atoms with Crippen LogP contribution in [0.1, 0.15) is 15.9 Å². The maximum atomic E-state index is 12.2. The molecule has 6 heteroatoms. The first-order valence-electron chi connectivity index (χ1n) is 7.10. The normalized spacial score (nSPS) is 10.5. The second kappa shape index (κ2) is 6.62. The predicted molar refractivity (Wildman–Crippen MR) is 89.1 cm³/mol. The number of nitrogens with one attached hydrogen (secondary N) is 1. The van der Waals surface area contributed by atoms with Crippen LogP contribution in [0.4, 0.5) is 0 Å². The highest BCUT2D eigenvalue weighted by Gasteiger charge is 2.09. The quantitative estimate of drug-likeness (QED) is 0.801. The number of amides is 1. The zero-order chi connectivity index (χ0) is 16.2. The van der Waals surface area contributed by atoms with Gasteiger partial charge in [0.25, 0.3) is 5.91 Å². The summed E-state index contributed by atoms with van der Waals surface area (Å²) >= 11 is 6.03. The van der Waals surface area contributed by atoms with E-state index in [-0.39, 0.29) is 5.91 Å². The Hall–Kier alpha value is -2.66. The van der Waals surface area contributed by atoms with Crippen molar-refractivity contribution in [2.24, 2.45) is 7.05 Å². The van der Waals surface area contributed by atoms with Gasteiger partial charge >= 0.3 is 0 Å². The van der Waals surface area contributed by atoms with E-state index in [0.29, 0.717) is 17.1 Å². The molecule has 0 aliphatic rings. The SMILES string of the molecule is Cn1cc(-c2cc(CNC(=O)c3ccccc3Cl)ccn2)cn1. The Morgan fingerprint density at radius 2 is 2.13 bits per heavy atom. The summed E-state index contributed by atoms with van der Waals surface area (Å²) in [5.74, 6) is -0.199. The lowest BCUT2D eigenvalue weighted by Crippen LogP contribution is -2.23. The molecule has 5 nitrogen and oxygen atoms in total. The molecule has 2 heterocycles. The Morgan fingerprint density at radius 1 is 1.30 bits per heavy atom. The molecule has 1 amide bonds. The van der Waals surface area contributed by atoms with Gasteiger partial charge in [-0.2, -0.15) is 5.10 Å². The standard InChI is InChI=1S/C17H15ClN4O/c1-22-11-13(10-21-22)16-8-12(6-7-19-16)9-20-17(23)14-4-2-3-5-15(14)18/h2-8,10-11H,9H2,1H3,(H,20,23). The predicted octanol–water partition coefficient (Wildman–Crippen LogP) is 3.07. The third kappa shape index (κ3) is 3.57. The van der Waals surface area contributed by atoms with Gasteiger partial charge in [-0.3, -0.25) is 14.5 Å². The lowest BCUT2D eigenvalue weighted by molar-refractivity contribution is 0.0951. The first kappa shape index (κ1) is 15.2. The van der Waals surface area contributed by atoms with Gasteiger partial charge in [0.15, 0.2) is 0 Å². The Labute approximate surface area is 138 Å². The number of hydrogen-bond donors (Lipinski definition) is 1. The van der Waals surface area contributed by atoms with Crippen molar-refractivity contribution in [3.05, 3.63) is 71.1 Å². The van der Waals surface area contributed by atoms with E-state index in [4.69, 9.17) is 11.6 Å². The summed E-state index contributed by atoms with van der Waals surface area (Å²) in [7, 11) is 1.86. The molecular formula is C17H15ClN4O. The van der Waals surface area contributed by atoms with Crippen molar-refractivity contribution in [3.8, 4) is 11.3 Å². The molecule has 0 fully saturated rings. The van der Waals surface area contributed by atoms with Gasteiger partial charge in [0.05, 0.1) is 22.5 Å². The Balaban J connectivity index is 1.71. The third-order valence-electron chi connectivity index (χ3n) is 3.40. The van der Waals surface area contributed by atoms with Crippen LogP contribution >= 0.6 is 11.6 Å². The molecule has 0 saturated heterocycles.